The highest BCUT2D eigenvalue weighted by atomic mass is 19.4. The highest BCUT2D eigenvalue weighted by molar-refractivity contribution is 5.96. The number of aromatic nitrogens is 1. The van der Waals surface area contributed by atoms with E-state index in [-0.39, 0.29) is 24.6 Å². The molecule has 0 spiro atoms. The van der Waals surface area contributed by atoms with Gasteiger partial charge in [-0.05, 0) is 76.0 Å². The number of anilines is 1. The van der Waals surface area contributed by atoms with E-state index < -0.39 is 79.2 Å². The minimum Gasteiger partial charge on any atom is -0.444 e. The number of carbonyl (C=O) groups excluding carboxylic acids is 3. The molecule has 0 unspecified atom stereocenters. The number of ether oxygens (including phenoxy) is 1. The van der Waals surface area contributed by atoms with Crippen molar-refractivity contribution in [2.45, 2.75) is 95.1 Å². The number of nitrogens with zero attached hydrogens (tertiary/aromatic N) is 2. The second kappa shape index (κ2) is 11.0. The fourth-order valence-corrected chi connectivity index (χ4v) is 5.23. The quantitative estimate of drug-likeness (QED) is 0.390. The van der Waals surface area contributed by atoms with E-state index in [0.29, 0.717) is 5.56 Å². The van der Waals surface area contributed by atoms with Gasteiger partial charge < -0.3 is 25.6 Å². The molecule has 14 heteroatoms. The Hall–Kier alpha value is -3.19. The van der Waals surface area contributed by atoms with Gasteiger partial charge in [0.1, 0.15) is 23.5 Å². The van der Waals surface area contributed by atoms with E-state index in [1.54, 1.807) is 26.8 Å². The summed E-state index contributed by atoms with van der Waals surface area (Å²) in [6.07, 6.45) is -3.49. The van der Waals surface area contributed by atoms with E-state index in [1.165, 1.54) is 12.3 Å². The predicted octanol–water partition coefficient (Wildman–Crippen LogP) is 5.15. The van der Waals surface area contributed by atoms with Crippen LogP contribution in [0.1, 0.15) is 70.9 Å². The van der Waals surface area contributed by atoms with Gasteiger partial charge in [0.15, 0.2) is 0 Å². The van der Waals surface area contributed by atoms with Gasteiger partial charge in [-0.15, -0.1) is 0 Å². The van der Waals surface area contributed by atoms with Crippen molar-refractivity contribution in [1.82, 2.24) is 20.5 Å². The summed E-state index contributed by atoms with van der Waals surface area (Å²) < 4.78 is 72.7. The molecule has 3 aliphatic rings. The molecule has 40 heavy (non-hydrogen) atoms. The SMILES string of the molecule is CC(C)(C)OC(=O)N[C@H](C(=O)Nc1cc([C@@H](C2CC2)N2C[C@@H](C(F)(F)F)NC2=O)ccn1)C1CCC(F)(F)CC1. The lowest BCUT2D eigenvalue weighted by Gasteiger charge is -2.33. The van der Waals surface area contributed by atoms with Gasteiger partial charge in [0.25, 0.3) is 0 Å². The van der Waals surface area contributed by atoms with Gasteiger partial charge in [-0.25, -0.2) is 23.4 Å². The summed E-state index contributed by atoms with van der Waals surface area (Å²) in [5.74, 6) is -4.11. The molecule has 4 amide bonds. The predicted molar refractivity (Wildman–Crippen MR) is 133 cm³/mol. The van der Waals surface area contributed by atoms with Crippen LogP contribution in [-0.2, 0) is 9.53 Å². The van der Waals surface area contributed by atoms with Crippen molar-refractivity contribution in [3.63, 3.8) is 0 Å². The zero-order chi connectivity index (χ0) is 29.5. The summed E-state index contributed by atoms with van der Waals surface area (Å²) in [6.45, 7) is 4.39. The van der Waals surface area contributed by atoms with Crippen LogP contribution in [0.2, 0.25) is 0 Å². The maximum Gasteiger partial charge on any atom is 0.410 e. The fourth-order valence-electron chi connectivity index (χ4n) is 5.23. The molecule has 3 fully saturated rings. The standard InChI is InChI=1S/C26H34F5N5O4/c1-24(2,3)40-23(39)35-19(14-6-9-25(27,28)10-7-14)21(37)34-18-12-16(8-11-32-18)20(15-4-5-15)36-13-17(26(29,30)31)33-22(36)38/h8,11-12,14-15,17,19-20H,4-7,9-10,13H2,1-3H3,(H,33,38)(H,35,39)(H,32,34,37)/t17-,19-,20+/m0/s1. The Bertz CT molecular complexity index is 1110. The average Bonchev–Trinajstić information content (AvgIpc) is 3.57. The highest BCUT2D eigenvalue weighted by Gasteiger charge is 2.51. The molecule has 0 bridgehead atoms. The number of halogens is 5. The summed E-state index contributed by atoms with van der Waals surface area (Å²) in [5, 5.41) is 7.11. The van der Waals surface area contributed by atoms with E-state index in [4.69, 9.17) is 4.74 Å². The lowest BCUT2D eigenvalue weighted by molar-refractivity contribution is -0.150. The molecule has 2 heterocycles. The molecule has 1 aromatic heterocycles. The molecular weight excluding hydrogens is 541 g/mol. The molecule has 1 aromatic rings. The van der Waals surface area contributed by atoms with Crippen LogP contribution < -0.4 is 16.0 Å². The third-order valence-electron chi connectivity index (χ3n) is 7.30. The highest BCUT2D eigenvalue weighted by Crippen LogP contribution is 2.46. The molecule has 222 valence electrons. The van der Waals surface area contributed by atoms with Crippen molar-refractivity contribution in [2.24, 2.45) is 11.8 Å². The normalized spacial score (nSPS) is 23.2. The van der Waals surface area contributed by atoms with Crippen LogP contribution in [0, 0.1) is 11.8 Å². The summed E-state index contributed by atoms with van der Waals surface area (Å²) in [6, 6.07) is -1.59. The molecule has 3 N–H and O–H groups in total. The maximum atomic E-state index is 13.8. The molecule has 1 aliphatic heterocycles. The first-order valence-corrected chi connectivity index (χ1v) is 13.3. The van der Waals surface area contributed by atoms with Crippen molar-refractivity contribution >= 4 is 23.8 Å². The molecule has 2 aliphatic carbocycles. The number of nitrogens with one attached hydrogen (secondary N) is 3. The Kier molecular flexibility index (Phi) is 8.19. The zero-order valence-corrected chi connectivity index (χ0v) is 22.5. The number of carbonyl (C=O) groups is 3. The molecule has 1 saturated heterocycles. The third-order valence-corrected chi connectivity index (χ3v) is 7.30. The van der Waals surface area contributed by atoms with Crippen molar-refractivity contribution in [3.8, 4) is 0 Å². The molecule has 9 nitrogen and oxygen atoms in total. The summed E-state index contributed by atoms with van der Waals surface area (Å²) >= 11 is 0. The fraction of sp³-hybridized carbons (Fsp3) is 0.692. The van der Waals surface area contributed by atoms with Gasteiger partial charge in [0, 0.05) is 19.0 Å². The Labute approximate surface area is 228 Å². The average molecular weight is 576 g/mol. The first kappa shape index (κ1) is 29.8. The van der Waals surface area contributed by atoms with Crippen LogP contribution in [0.4, 0.5) is 37.4 Å². The molecule has 3 atom stereocenters. The van der Waals surface area contributed by atoms with Gasteiger partial charge in [0.2, 0.25) is 11.8 Å². The van der Waals surface area contributed by atoms with Crippen molar-refractivity contribution in [1.29, 1.82) is 0 Å². The zero-order valence-electron chi connectivity index (χ0n) is 22.5. The minimum absolute atomic E-state index is 0.00253. The maximum absolute atomic E-state index is 13.8. The number of amides is 4. The molecule has 0 aromatic carbocycles. The smallest absolute Gasteiger partial charge is 0.410 e. The van der Waals surface area contributed by atoms with E-state index in [0.717, 1.165) is 17.7 Å². The van der Waals surface area contributed by atoms with E-state index >= 15 is 0 Å². The van der Waals surface area contributed by atoms with Crippen molar-refractivity contribution in [2.75, 3.05) is 11.9 Å². The third kappa shape index (κ3) is 7.51. The molecular formula is C26H34F5N5O4. The number of urea groups is 1. The number of alkyl halides is 5. The van der Waals surface area contributed by atoms with Crippen LogP contribution in [0.15, 0.2) is 18.3 Å². The van der Waals surface area contributed by atoms with Crippen LogP contribution in [-0.4, -0.2) is 64.2 Å². The lowest BCUT2D eigenvalue weighted by atomic mass is 9.81. The van der Waals surface area contributed by atoms with Gasteiger partial charge in [-0.2, -0.15) is 13.2 Å². The van der Waals surface area contributed by atoms with E-state index in [1.807, 2.05) is 5.32 Å². The second-order valence-electron chi connectivity index (χ2n) is 11.8. The molecule has 0 radical (unpaired) electrons. The monoisotopic (exact) mass is 575 g/mol. The van der Waals surface area contributed by atoms with Crippen LogP contribution >= 0.6 is 0 Å². The first-order valence-electron chi connectivity index (χ1n) is 13.3. The number of rotatable bonds is 7. The molecule has 2 saturated carbocycles. The van der Waals surface area contributed by atoms with Crippen LogP contribution in [0.25, 0.3) is 0 Å². The van der Waals surface area contributed by atoms with Gasteiger partial charge in [-0.1, -0.05) is 0 Å². The molecule has 4 rings (SSSR count). The van der Waals surface area contributed by atoms with Crippen molar-refractivity contribution in [3.05, 3.63) is 23.9 Å². The van der Waals surface area contributed by atoms with E-state index in [9.17, 15) is 36.3 Å². The number of hydrogen-bond donors (Lipinski definition) is 3. The van der Waals surface area contributed by atoms with Gasteiger partial charge >= 0.3 is 18.3 Å². The minimum atomic E-state index is -4.59. The summed E-state index contributed by atoms with van der Waals surface area (Å²) in [4.78, 5) is 43.6. The lowest BCUT2D eigenvalue weighted by Crippen LogP contribution is -2.51. The Balaban J connectivity index is 1.52. The topological polar surface area (TPSA) is 113 Å². The van der Waals surface area contributed by atoms with Gasteiger partial charge in [0.05, 0.1) is 12.6 Å². The summed E-state index contributed by atoms with van der Waals surface area (Å²) in [7, 11) is 0. The van der Waals surface area contributed by atoms with E-state index in [2.05, 4.69) is 15.6 Å². The van der Waals surface area contributed by atoms with Crippen LogP contribution in [0.5, 0.6) is 0 Å². The van der Waals surface area contributed by atoms with Crippen molar-refractivity contribution < 1.29 is 41.1 Å². The first-order chi connectivity index (χ1) is 18.5. The summed E-state index contributed by atoms with van der Waals surface area (Å²) in [5.41, 5.74) is -0.356. The number of pyridine rings is 1. The van der Waals surface area contributed by atoms with Crippen LogP contribution in [0.3, 0.4) is 0 Å². The second-order valence-corrected chi connectivity index (χ2v) is 11.8. The largest absolute Gasteiger partial charge is 0.444 e. The Morgan fingerprint density at radius 1 is 1.12 bits per heavy atom. The Morgan fingerprint density at radius 2 is 1.77 bits per heavy atom. The number of alkyl carbamates (subject to hydrolysis) is 1. The van der Waals surface area contributed by atoms with Gasteiger partial charge in [-0.3, -0.25) is 4.79 Å². The number of hydrogen-bond acceptors (Lipinski definition) is 5. The Morgan fingerprint density at radius 3 is 2.33 bits per heavy atom.